The van der Waals surface area contributed by atoms with Crippen LogP contribution in [0.4, 0.5) is 23.4 Å². The summed E-state index contributed by atoms with van der Waals surface area (Å²) in [4.78, 5) is 23.1. The van der Waals surface area contributed by atoms with Crippen molar-refractivity contribution in [3.05, 3.63) is 87.7 Å². The molecule has 3 atom stereocenters. The SMILES string of the molecule is CCOC(=O)[C@H]1[C@@H]2Cc3cc(OCc4cc(-c5ccc(N6Cc7cn(CC(C)(C)O)nc7C6)nc5C)c(C(F)(F)F)cc4F)ncc3[C@@H]21. The molecule has 252 valence electrons. The van der Waals surface area contributed by atoms with Crippen molar-refractivity contribution in [1.29, 1.82) is 0 Å². The molecule has 0 unspecified atom stereocenters. The molecule has 0 saturated heterocycles. The summed E-state index contributed by atoms with van der Waals surface area (Å²) < 4.78 is 70.4. The van der Waals surface area contributed by atoms with E-state index in [1.165, 1.54) is 6.07 Å². The van der Waals surface area contributed by atoms with Crippen LogP contribution in [0.5, 0.6) is 5.88 Å². The molecule has 0 spiro atoms. The van der Waals surface area contributed by atoms with Gasteiger partial charge in [-0.25, -0.2) is 14.4 Å². The van der Waals surface area contributed by atoms with Gasteiger partial charge in [-0.1, -0.05) is 0 Å². The lowest BCUT2D eigenvalue weighted by Crippen LogP contribution is -2.27. The summed E-state index contributed by atoms with van der Waals surface area (Å²) in [5.41, 5.74) is 2.11. The molecule has 1 aromatic carbocycles. The summed E-state index contributed by atoms with van der Waals surface area (Å²) in [6, 6.07) is 6.66. The Balaban J connectivity index is 1.09. The lowest BCUT2D eigenvalue weighted by atomic mass is 9.95. The minimum atomic E-state index is -4.81. The first-order valence-electron chi connectivity index (χ1n) is 15.9. The molecular weight excluding hydrogens is 630 g/mol. The maximum absolute atomic E-state index is 15.1. The van der Waals surface area contributed by atoms with E-state index in [9.17, 15) is 23.1 Å². The zero-order valence-electron chi connectivity index (χ0n) is 26.9. The van der Waals surface area contributed by atoms with Crippen LogP contribution in [0.15, 0.2) is 42.7 Å². The molecule has 0 bridgehead atoms. The van der Waals surface area contributed by atoms with Crippen molar-refractivity contribution in [1.82, 2.24) is 19.7 Å². The van der Waals surface area contributed by atoms with Gasteiger partial charge in [0.2, 0.25) is 5.88 Å². The molecule has 4 heterocycles. The molecule has 0 amide bonds. The zero-order valence-corrected chi connectivity index (χ0v) is 26.9. The van der Waals surface area contributed by atoms with Crippen LogP contribution in [0, 0.1) is 24.6 Å². The van der Waals surface area contributed by atoms with Crippen LogP contribution in [-0.4, -0.2) is 43.0 Å². The standard InChI is InChI=1S/C35H35F4N5O4/c1-5-47-33(45)32-24-8-19-10-30(40-12-25(19)31(24)32)48-16-20-9-23(26(11-27(20)36)35(37,38)39)22-6-7-29(41-18(22)2)43-13-21-14-44(17-34(3,4)46)42-28(21)15-43/h6-7,9-12,14,24,31-32,46H,5,8,13,15-17H2,1-4H3/t24-,31-,32+/m1/s1. The van der Waals surface area contributed by atoms with Crippen molar-refractivity contribution in [2.75, 3.05) is 11.5 Å². The van der Waals surface area contributed by atoms with E-state index in [0.29, 0.717) is 50.2 Å². The minimum Gasteiger partial charge on any atom is -0.473 e. The van der Waals surface area contributed by atoms with Crippen molar-refractivity contribution < 1.29 is 36.9 Å². The maximum atomic E-state index is 15.1. The Morgan fingerprint density at radius 3 is 2.58 bits per heavy atom. The molecule has 1 aliphatic heterocycles. The van der Waals surface area contributed by atoms with Gasteiger partial charge in [-0.05, 0) is 81.0 Å². The van der Waals surface area contributed by atoms with Crippen molar-refractivity contribution in [2.24, 2.45) is 11.8 Å². The maximum Gasteiger partial charge on any atom is 0.417 e. The largest absolute Gasteiger partial charge is 0.473 e. The summed E-state index contributed by atoms with van der Waals surface area (Å²) in [6.45, 7) is 8.15. The van der Waals surface area contributed by atoms with Gasteiger partial charge in [-0.2, -0.15) is 18.3 Å². The van der Waals surface area contributed by atoms with E-state index in [-0.39, 0.29) is 52.9 Å². The molecule has 1 N–H and O–H groups in total. The molecule has 7 rings (SSSR count). The number of ether oxygens (including phenoxy) is 2. The Bertz CT molecular complexity index is 1890. The van der Waals surface area contributed by atoms with Gasteiger partial charge in [-0.3, -0.25) is 9.48 Å². The summed E-state index contributed by atoms with van der Waals surface area (Å²) in [5, 5.41) is 14.7. The Hall–Kier alpha value is -4.52. The van der Waals surface area contributed by atoms with Crippen LogP contribution in [0.2, 0.25) is 0 Å². The number of hydrogen-bond acceptors (Lipinski definition) is 8. The first-order valence-corrected chi connectivity index (χ1v) is 15.9. The Kier molecular flexibility index (Phi) is 7.73. The number of pyridine rings is 2. The number of alkyl halides is 3. The number of benzene rings is 1. The number of hydrogen-bond donors (Lipinski definition) is 1. The average Bonchev–Trinajstić information content (AvgIpc) is 3.23. The topological polar surface area (TPSA) is 103 Å². The summed E-state index contributed by atoms with van der Waals surface area (Å²) in [6.07, 6.45) is -0.597. The second kappa shape index (κ2) is 11.6. The summed E-state index contributed by atoms with van der Waals surface area (Å²) in [7, 11) is 0. The average molecular weight is 666 g/mol. The first-order chi connectivity index (χ1) is 22.7. The summed E-state index contributed by atoms with van der Waals surface area (Å²) >= 11 is 0. The molecule has 13 heteroatoms. The second-order valence-electron chi connectivity index (χ2n) is 13.4. The van der Waals surface area contributed by atoms with Crippen molar-refractivity contribution in [2.45, 2.75) is 78.1 Å². The number of aromatic nitrogens is 4. The highest BCUT2D eigenvalue weighted by atomic mass is 19.4. The van der Waals surface area contributed by atoms with Crippen LogP contribution in [0.1, 0.15) is 65.9 Å². The van der Waals surface area contributed by atoms with Gasteiger partial charge in [0, 0.05) is 53.3 Å². The van der Waals surface area contributed by atoms with E-state index in [1.54, 1.807) is 56.8 Å². The fraction of sp³-hybridized carbons (Fsp3) is 0.429. The number of halogens is 4. The Labute approximate surface area is 274 Å². The third-order valence-corrected chi connectivity index (χ3v) is 9.27. The van der Waals surface area contributed by atoms with Crippen LogP contribution in [-0.2, 0) is 48.4 Å². The first kappa shape index (κ1) is 32.0. The molecule has 0 radical (unpaired) electrons. The molecule has 1 saturated carbocycles. The quantitative estimate of drug-likeness (QED) is 0.169. The predicted octanol–water partition coefficient (Wildman–Crippen LogP) is 6.13. The van der Waals surface area contributed by atoms with Gasteiger partial charge in [-0.15, -0.1) is 0 Å². The minimum absolute atomic E-state index is 0.0538. The number of rotatable bonds is 9. The fourth-order valence-corrected chi connectivity index (χ4v) is 7.10. The van der Waals surface area contributed by atoms with Gasteiger partial charge in [0.25, 0.3) is 0 Å². The molecule has 48 heavy (non-hydrogen) atoms. The Morgan fingerprint density at radius 2 is 1.90 bits per heavy atom. The van der Waals surface area contributed by atoms with Gasteiger partial charge < -0.3 is 19.5 Å². The lowest BCUT2D eigenvalue weighted by molar-refractivity contribution is -0.145. The van der Waals surface area contributed by atoms with Gasteiger partial charge in [0.15, 0.2) is 0 Å². The van der Waals surface area contributed by atoms with E-state index in [4.69, 9.17) is 9.47 Å². The van der Waals surface area contributed by atoms with Crippen LogP contribution in [0.25, 0.3) is 11.1 Å². The molecule has 2 aliphatic carbocycles. The van der Waals surface area contributed by atoms with Crippen LogP contribution < -0.4 is 9.64 Å². The molecular formula is C35H35F4N5O4. The fourth-order valence-electron chi connectivity index (χ4n) is 7.10. The number of anilines is 1. The molecule has 3 aliphatic rings. The van der Waals surface area contributed by atoms with E-state index >= 15 is 4.39 Å². The number of nitrogens with zero attached hydrogens (tertiary/aromatic N) is 5. The molecule has 3 aromatic heterocycles. The highest BCUT2D eigenvalue weighted by molar-refractivity contribution is 5.79. The van der Waals surface area contributed by atoms with Gasteiger partial charge in [0.1, 0.15) is 18.2 Å². The molecule has 1 fully saturated rings. The number of carbonyl (C=O) groups excluding carboxylic acids is 1. The molecule has 4 aromatic rings. The van der Waals surface area contributed by atoms with E-state index in [0.717, 1.165) is 22.4 Å². The van der Waals surface area contributed by atoms with E-state index in [1.807, 2.05) is 11.1 Å². The highest BCUT2D eigenvalue weighted by Gasteiger charge is 2.60. The van der Waals surface area contributed by atoms with E-state index in [2.05, 4.69) is 15.1 Å². The van der Waals surface area contributed by atoms with Crippen molar-refractivity contribution >= 4 is 11.8 Å². The molecule has 9 nitrogen and oxygen atoms in total. The third-order valence-electron chi connectivity index (χ3n) is 9.27. The monoisotopic (exact) mass is 665 g/mol. The zero-order chi connectivity index (χ0) is 34.1. The van der Waals surface area contributed by atoms with Gasteiger partial charge in [0.05, 0.1) is 42.5 Å². The smallest absolute Gasteiger partial charge is 0.417 e. The van der Waals surface area contributed by atoms with Crippen LogP contribution >= 0.6 is 0 Å². The van der Waals surface area contributed by atoms with Crippen molar-refractivity contribution in [3.8, 4) is 17.0 Å². The Morgan fingerprint density at radius 1 is 1.10 bits per heavy atom. The number of aryl methyl sites for hydroxylation is 1. The predicted molar refractivity (Wildman–Crippen MR) is 166 cm³/mol. The number of esters is 1. The van der Waals surface area contributed by atoms with Crippen LogP contribution in [0.3, 0.4) is 0 Å². The van der Waals surface area contributed by atoms with Gasteiger partial charge >= 0.3 is 12.1 Å². The number of fused-ring (bicyclic) bond motifs is 4. The number of aliphatic hydroxyl groups is 1. The lowest BCUT2D eigenvalue weighted by Gasteiger charge is -2.21. The normalized spacial score (nSPS) is 19.6. The van der Waals surface area contributed by atoms with E-state index < -0.39 is 23.2 Å². The number of carbonyl (C=O) groups is 1. The summed E-state index contributed by atoms with van der Waals surface area (Å²) in [5.74, 6) is -0.348. The second-order valence-corrected chi connectivity index (χ2v) is 13.4. The third kappa shape index (κ3) is 5.99. The van der Waals surface area contributed by atoms with Crippen molar-refractivity contribution in [3.63, 3.8) is 0 Å². The highest BCUT2D eigenvalue weighted by Crippen LogP contribution is 2.62.